The Morgan fingerprint density at radius 3 is 2.09 bits per heavy atom. The lowest BCUT2D eigenvalue weighted by molar-refractivity contribution is -0.0186. The number of hydrogen-bond acceptors (Lipinski definition) is 3. The molecular weight excluding hydrogens is 289 g/mol. The van der Waals surface area contributed by atoms with Gasteiger partial charge in [-0.3, -0.25) is 0 Å². The van der Waals surface area contributed by atoms with Gasteiger partial charge < -0.3 is 14.0 Å². The molecule has 0 spiro atoms. The predicted molar refractivity (Wildman–Crippen MR) is 79.9 cm³/mol. The highest BCUT2D eigenvalue weighted by atomic mass is 19.1. The van der Waals surface area contributed by atoms with Gasteiger partial charge in [0.15, 0.2) is 0 Å². The van der Waals surface area contributed by atoms with Gasteiger partial charge in [-0.25, -0.2) is 8.78 Å². The number of methoxy groups -OCH3 is 1. The van der Waals surface area contributed by atoms with Crippen LogP contribution in [0.2, 0.25) is 0 Å². The van der Waals surface area contributed by atoms with Gasteiger partial charge in [0.2, 0.25) is 0 Å². The van der Waals surface area contributed by atoms with Crippen LogP contribution < -0.4 is 5.46 Å². The zero-order valence-electron chi connectivity index (χ0n) is 12.1. The average Bonchev–Trinajstić information content (AvgIpc) is 2.54. The monoisotopic (exact) mass is 304 g/mol. The second kappa shape index (κ2) is 6.56. The van der Waals surface area contributed by atoms with Crippen molar-refractivity contribution in [2.45, 2.75) is 6.10 Å². The van der Waals surface area contributed by atoms with Gasteiger partial charge in [-0.2, -0.15) is 0 Å². The Bertz CT molecular complexity index is 620. The van der Waals surface area contributed by atoms with Crippen molar-refractivity contribution in [1.29, 1.82) is 0 Å². The highest BCUT2D eigenvalue weighted by Gasteiger charge is 2.28. The third-order valence-corrected chi connectivity index (χ3v) is 3.58. The van der Waals surface area contributed by atoms with Crippen molar-refractivity contribution in [3.63, 3.8) is 0 Å². The van der Waals surface area contributed by atoms with Gasteiger partial charge in [0.1, 0.15) is 17.7 Å². The molecule has 22 heavy (non-hydrogen) atoms. The molecule has 0 aliphatic carbocycles. The first-order chi connectivity index (χ1) is 10.7. The highest BCUT2D eigenvalue weighted by Crippen LogP contribution is 2.21. The lowest BCUT2D eigenvalue weighted by Gasteiger charge is -2.26. The van der Waals surface area contributed by atoms with Gasteiger partial charge in [-0.05, 0) is 28.7 Å². The average molecular weight is 304 g/mol. The number of benzene rings is 2. The van der Waals surface area contributed by atoms with E-state index in [0.717, 1.165) is 17.1 Å². The summed E-state index contributed by atoms with van der Waals surface area (Å²) in [6, 6.07) is 10.7. The Kier molecular flexibility index (Phi) is 4.52. The van der Waals surface area contributed by atoms with E-state index in [1.165, 1.54) is 12.1 Å². The second-order valence-corrected chi connectivity index (χ2v) is 5.14. The summed E-state index contributed by atoms with van der Waals surface area (Å²) in [6.07, 6.45) is -0.0502. The smallest absolute Gasteiger partial charge is 0.404 e. The molecule has 1 aliphatic heterocycles. The van der Waals surface area contributed by atoms with E-state index < -0.39 is 18.8 Å². The summed E-state index contributed by atoms with van der Waals surface area (Å²) >= 11 is 0. The summed E-state index contributed by atoms with van der Waals surface area (Å²) in [5.74, 6) is -1.19. The van der Waals surface area contributed by atoms with Crippen LogP contribution in [0.4, 0.5) is 8.78 Å². The van der Waals surface area contributed by atoms with Crippen LogP contribution in [0.1, 0.15) is 0 Å². The van der Waals surface area contributed by atoms with E-state index in [-0.39, 0.29) is 6.10 Å². The van der Waals surface area contributed by atoms with Crippen molar-refractivity contribution in [2.24, 2.45) is 0 Å². The molecule has 3 rings (SSSR count). The minimum absolute atomic E-state index is 0.0502. The Labute approximate surface area is 128 Å². The standard InChI is InChI=1S/C16H15BF2O3/c1-20-16-9-21-17(22-10-16)13-4-2-11(3-5-13)12-6-14(18)8-15(19)7-12/h2-8,16H,9-10H2,1H3. The fraction of sp³-hybridized carbons (Fsp3) is 0.250. The number of ether oxygens (including phenoxy) is 1. The maximum atomic E-state index is 13.3. The number of rotatable bonds is 3. The maximum absolute atomic E-state index is 13.3. The zero-order valence-corrected chi connectivity index (χ0v) is 12.1. The third-order valence-electron chi connectivity index (χ3n) is 3.58. The molecule has 1 heterocycles. The van der Waals surface area contributed by atoms with Crippen LogP contribution in [0.15, 0.2) is 42.5 Å². The van der Waals surface area contributed by atoms with Crippen molar-refractivity contribution in [1.82, 2.24) is 0 Å². The first-order valence-electron chi connectivity index (χ1n) is 6.98. The minimum atomic E-state index is -0.594. The van der Waals surface area contributed by atoms with Crippen molar-refractivity contribution in [3.8, 4) is 11.1 Å². The van der Waals surface area contributed by atoms with E-state index >= 15 is 0 Å². The van der Waals surface area contributed by atoms with Gasteiger partial charge >= 0.3 is 7.12 Å². The number of hydrogen-bond donors (Lipinski definition) is 0. The topological polar surface area (TPSA) is 27.7 Å². The molecule has 0 radical (unpaired) electrons. The van der Waals surface area contributed by atoms with Gasteiger partial charge in [0, 0.05) is 13.2 Å². The molecular formula is C16H15BF2O3. The molecule has 1 fully saturated rings. The van der Waals surface area contributed by atoms with Crippen molar-refractivity contribution in [2.75, 3.05) is 20.3 Å². The molecule has 3 nitrogen and oxygen atoms in total. The molecule has 2 aromatic rings. The molecule has 1 aliphatic rings. The predicted octanol–water partition coefficient (Wildman–Crippen LogP) is 2.39. The van der Waals surface area contributed by atoms with E-state index in [2.05, 4.69) is 0 Å². The van der Waals surface area contributed by atoms with Crippen molar-refractivity contribution < 1.29 is 22.8 Å². The Morgan fingerprint density at radius 1 is 0.955 bits per heavy atom. The zero-order chi connectivity index (χ0) is 15.5. The van der Waals surface area contributed by atoms with Crippen LogP contribution >= 0.6 is 0 Å². The largest absolute Gasteiger partial charge is 0.494 e. The van der Waals surface area contributed by atoms with E-state index in [1.807, 2.05) is 12.1 Å². The van der Waals surface area contributed by atoms with Crippen molar-refractivity contribution in [3.05, 3.63) is 54.1 Å². The maximum Gasteiger partial charge on any atom is 0.494 e. The first-order valence-corrected chi connectivity index (χ1v) is 6.98. The SMILES string of the molecule is COC1COB(c2ccc(-c3cc(F)cc(F)c3)cc2)OC1. The first kappa shape index (κ1) is 15.2. The molecule has 6 heteroatoms. The van der Waals surface area contributed by atoms with Crippen LogP contribution in [0, 0.1) is 11.6 Å². The quantitative estimate of drug-likeness (QED) is 0.815. The van der Waals surface area contributed by atoms with Crippen molar-refractivity contribution >= 4 is 12.6 Å². The van der Waals surface area contributed by atoms with Gasteiger partial charge in [-0.15, -0.1) is 0 Å². The molecule has 0 saturated carbocycles. The van der Waals surface area contributed by atoms with Crippen LogP contribution in [-0.4, -0.2) is 33.5 Å². The van der Waals surface area contributed by atoms with Gasteiger partial charge in [0.25, 0.3) is 0 Å². The molecule has 114 valence electrons. The summed E-state index contributed by atoms with van der Waals surface area (Å²) in [4.78, 5) is 0. The van der Waals surface area contributed by atoms with Gasteiger partial charge in [-0.1, -0.05) is 24.3 Å². The summed E-state index contributed by atoms with van der Waals surface area (Å²) in [6.45, 7) is 0.941. The molecule has 0 aromatic heterocycles. The summed E-state index contributed by atoms with van der Waals surface area (Å²) < 4.78 is 42.8. The molecule has 2 aromatic carbocycles. The second-order valence-electron chi connectivity index (χ2n) is 5.14. The molecule has 1 saturated heterocycles. The third kappa shape index (κ3) is 3.35. The lowest BCUT2D eigenvalue weighted by atomic mass is 9.77. The minimum Gasteiger partial charge on any atom is -0.404 e. The highest BCUT2D eigenvalue weighted by molar-refractivity contribution is 6.61. The fourth-order valence-electron chi connectivity index (χ4n) is 2.37. The Hall–Kier alpha value is -1.76. The molecule has 0 bridgehead atoms. The molecule has 0 atom stereocenters. The molecule has 0 unspecified atom stereocenters. The molecule has 0 amide bonds. The normalized spacial score (nSPS) is 16.0. The van der Waals surface area contributed by atoms with E-state index in [9.17, 15) is 8.78 Å². The fourth-order valence-corrected chi connectivity index (χ4v) is 2.37. The Morgan fingerprint density at radius 2 is 1.55 bits per heavy atom. The van der Waals surface area contributed by atoms with Crippen LogP contribution in [0.25, 0.3) is 11.1 Å². The van der Waals surface area contributed by atoms with Crippen LogP contribution in [0.5, 0.6) is 0 Å². The lowest BCUT2D eigenvalue weighted by Crippen LogP contribution is -2.46. The van der Waals surface area contributed by atoms with E-state index in [1.54, 1.807) is 19.2 Å². The molecule has 0 N–H and O–H groups in total. The van der Waals surface area contributed by atoms with E-state index in [0.29, 0.717) is 18.8 Å². The van der Waals surface area contributed by atoms with Crippen LogP contribution in [-0.2, 0) is 14.0 Å². The summed E-state index contributed by atoms with van der Waals surface area (Å²) in [5, 5.41) is 0. The van der Waals surface area contributed by atoms with E-state index in [4.69, 9.17) is 14.0 Å². The van der Waals surface area contributed by atoms with Gasteiger partial charge in [0.05, 0.1) is 13.2 Å². The summed E-state index contributed by atoms with van der Waals surface area (Å²) in [5.41, 5.74) is 2.08. The number of halogens is 2. The Balaban J connectivity index is 1.75. The summed E-state index contributed by atoms with van der Waals surface area (Å²) in [7, 11) is 1.18. The van der Waals surface area contributed by atoms with Crippen LogP contribution in [0.3, 0.4) is 0 Å².